The molecular formula is C25H32N2O3. The van der Waals surface area contributed by atoms with Crippen molar-refractivity contribution in [2.75, 3.05) is 40.0 Å². The van der Waals surface area contributed by atoms with Crippen LogP contribution in [-0.4, -0.2) is 57.0 Å². The number of ether oxygens (including phenoxy) is 3. The number of hydrogen-bond acceptors (Lipinski definition) is 5. The Balaban J connectivity index is 1.20. The molecule has 5 heteroatoms. The lowest BCUT2D eigenvalue weighted by Gasteiger charge is -2.33. The van der Waals surface area contributed by atoms with Crippen molar-refractivity contribution in [2.24, 2.45) is 0 Å². The Morgan fingerprint density at radius 2 is 1.93 bits per heavy atom. The second-order valence-electron chi connectivity index (χ2n) is 8.77. The topological polar surface area (TPSA) is 43.0 Å². The van der Waals surface area contributed by atoms with Gasteiger partial charge in [-0.1, -0.05) is 18.2 Å². The number of methoxy groups -OCH3 is 1. The van der Waals surface area contributed by atoms with Gasteiger partial charge in [0.2, 0.25) is 0 Å². The van der Waals surface area contributed by atoms with Gasteiger partial charge in [-0.15, -0.1) is 0 Å². The van der Waals surface area contributed by atoms with Crippen molar-refractivity contribution in [3.8, 4) is 11.5 Å². The first kappa shape index (κ1) is 19.9. The van der Waals surface area contributed by atoms with Gasteiger partial charge in [0.1, 0.15) is 24.2 Å². The van der Waals surface area contributed by atoms with Crippen LogP contribution in [0.2, 0.25) is 0 Å². The van der Waals surface area contributed by atoms with E-state index in [1.165, 1.54) is 29.5 Å². The summed E-state index contributed by atoms with van der Waals surface area (Å²) >= 11 is 0. The largest absolute Gasteiger partial charge is 0.497 e. The predicted octanol–water partition coefficient (Wildman–Crippen LogP) is 3.37. The van der Waals surface area contributed by atoms with Crippen LogP contribution in [0.4, 0.5) is 0 Å². The van der Waals surface area contributed by atoms with Crippen LogP contribution in [0, 0.1) is 0 Å². The summed E-state index contributed by atoms with van der Waals surface area (Å²) in [5, 5.41) is 3.58. The number of morpholine rings is 1. The second kappa shape index (κ2) is 8.96. The van der Waals surface area contributed by atoms with Crippen molar-refractivity contribution in [3.05, 3.63) is 59.2 Å². The molecular weight excluding hydrogens is 376 g/mol. The van der Waals surface area contributed by atoms with Crippen molar-refractivity contribution in [2.45, 2.75) is 43.9 Å². The van der Waals surface area contributed by atoms with Gasteiger partial charge in [-0.3, -0.25) is 4.90 Å². The van der Waals surface area contributed by atoms with E-state index in [0.717, 1.165) is 56.7 Å². The van der Waals surface area contributed by atoms with E-state index < -0.39 is 0 Å². The average molecular weight is 409 g/mol. The number of fused-ring (bicyclic) bond motifs is 1. The van der Waals surface area contributed by atoms with E-state index in [2.05, 4.69) is 40.5 Å². The monoisotopic (exact) mass is 408 g/mol. The van der Waals surface area contributed by atoms with Gasteiger partial charge in [0.25, 0.3) is 0 Å². The predicted molar refractivity (Wildman–Crippen MR) is 117 cm³/mol. The Hall–Kier alpha value is -2.08. The molecule has 30 heavy (non-hydrogen) atoms. The van der Waals surface area contributed by atoms with Crippen molar-refractivity contribution < 1.29 is 14.2 Å². The molecule has 2 unspecified atom stereocenters. The minimum atomic E-state index is 0.177. The highest BCUT2D eigenvalue weighted by Gasteiger charge is 2.33. The number of nitrogens with zero attached hydrogens (tertiary/aromatic N) is 1. The SMILES string of the molecule is COc1ccc(CC2CNCc3cc(OCC4CN(C5CC5)CCO4)ccc32)cc1. The molecule has 0 bridgehead atoms. The van der Waals surface area contributed by atoms with Gasteiger partial charge >= 0.3 is 0 Å². The lowest BCUT2D eigenvalue weighted by Crippen LogP contribution is -2.45. The molecule has 2 aromatic rings. The molecule has 1 aliphatic carbocycles. The fourth-order valence-electron chi connectivity index (χ4n) is 4.75. The summed E-state index contributed by atoms with van der Waals surface area (Å²) in [6, 6.07) is 15.8. The average Bonchev–Trinajstić information content (AvgIpc) is 3.64. The van der Waals surface area contributed by atoms with Crippen LogP contribution in [0.15, 0.2) is 42.5 Å². The summed E-state index contributed by atoms with van der Waals surface area (Å²) in [5.41, 5.74) is 4.12. The van der Waals surface area contributed by atoms with E-state index in [4.69, 9.17) is 14.2 Å². The Morgan fingerprint density at radius 3 is 2.73 bits per heavy atom. The minimum absolute atomic E-state index is 0.177. The van der Waals surface area contributed by atoms with E-state index in [1.54, 1.807) is 7.11 Å². The molecule has 3 aliphatic rings. The number of hydrogen-bond donors (Lipinski definition) is 1. The zero-order chi connectivity index (χ0) is 20.3. The van der Waals surface area contributed by atoms with Crippen LogP contribution in [0.3, 0.4) is 0 Å². The molecule has 0 radical (unpaired) electrons. The molecule has 5 rings (SSSR count). The molecule has 1 N–H and O–H groups in total. The fourth-order valence-corrected chi connectivity index (χ4v) is 4.75. The van der Waals surface area contributed by atoms with Crippen molar-refractivity contribution >= 4 is 0 Å². The molecule has 2 aliphatic heterocycles. The zero-order valence-electron chi connectivity index (χ0n) is 17.8. The maximum Gasteiger partial charge on any atom is 0.119 e. The maximum atomic E-state index is 6.15. The first-order chi connectivity index (χ1) is 14.8. The van der Waals surface area contributed by atoms with E-state index in [-0.39, 0.29) is 6.10 Å². The Morgan fingerprint density at radius 1 is 1.10 bits per heavy atom. The molecule has 5 nitrogen and oxygen atoms in total. The Labute approximate surface area is 179 Å². The fraction of sp³-hybridized carbons (Fsp3) is 0.520. The third-order valence-electron chi connectivity index (χ3n) is 6.57. The highest BCUT2D eigenvalue weighted by Crippen LogP contribution is 2.31. The smallest absolute Gasteiger partial charge is 0.119 e. The van der Waals surface area contributed by atoms with Crippen LogP contribution in [0.5, 0.6) is 11.5 Å². The van der Waals surface area contributed by atoms with Crippen molar-refractivity contribution in [1.29, 1.82) is 0 Å². The van der Waals surface area contributed by atoms with E-state index in [0.29, 0.717) is 12.5 Å². The summed E-state index contributed by atoms with van der Waals surface area (Å²) in [6.45, 7) is 5.44. The lowest BCUT2D eigenvalue weighted by molar-refractivity contribution is -0.0504. The molecule has 0 aromatic heterocycles. The van der Waals surface area contributed by atoms with Gasteiger partial charge < -0.3 is 19.5 Å². The summed E-state index contributed by atoms with van der Waals surface area (Å²) in [4.78, 5) is 2.57. The quantitative estimate of drug-likeness (QED) is 0.761. The van der Waals surface area contributed by atoms with Gasteiger partial charge in [0, 0.05) is 38.1 Å². The molecule has 160 valence electrons. The molecule has 0 amide bonds. The van der Waals surface area contributed by atoms with Gasteiger partial charge in [0.15, 0.2) is 0 Å². The summed E-state index contributed by atoms with van der Waals surface area (Å²) in [6.07, 6.45) is 3.90. The first-order valence-electron chi connectivity index (χ1n) is 11.2. The van der Waals surface area contributed by atoms with Gasteiger partial charge in [-0.25, -0.2) is 0 Å². The highest BCUT2D eigenvalue weighted by atomic mass is 16.5. The number of nitrogens with one attached hydrogen (secondary N) is 1. The van der Waals surface area contributed by atoms with Crippen LogP contribution in [0.25, 0.3) is 0 Å². The van der Waals surface area contributed by atoms with E-state index in [1.807, 2.05) is 12.1 Å². The first-order valence-corrected chi connectivity index (χ1v) is 11.2. The van der Waals surface area contributed by atoms with E-state index >= 15 is 0 Å². The summed E-state index contributed by atoms with van der Waals surface area (Å²) in [5.74, 6) is 2.34. The highest BCUT2D eigenvalue weighted by molar-refractivity contribution is 5.40. The minimum Gasteiger partial charge on any atom is -0.497 e. The van der Waals surface area contributed by atoms with Gasteiger partial charge in [0.05, 0.1) is 13.7 Å². The lowest BCUT2D eigenvalue weighted by atomic mass is 9.86. The normalized spacial score (nSPS) is 24.3. The molecule has 1 saturated carbocycles. The van der Waals surface area contributed by atoms with Crippen molar-refractivity contribution in [1.82, 2.24) is 10.2 Å². The van der Waals surface area contributed by atoms with Crippen LogP contribution >= 0.6 is 0 Å². The molecule has 1 saturated heterocycles. The maximum absolute atomic E-state index is 6.15. The van der Waals surface area contributed by atoms with Crippen LogP contribution in [0.1, 0.15) is 35.4 Å². The third-order valence-corrected chi connectivity index (χ3v) is 6.57. The third kappa shape index (κ3) is 4.64. The molecule has 0 spiro atoms. The number of benzene rings is 2. The zero-order valence-corrected chi connectivity index (χ0v) is 17.8. The van der Waals surface area contributed by atoms with E-state index in [9.17, 15) is 0 Å². The van der Waals surface area contributed by atoms with Gasteiger partial charge in [-0.2, -0.15) is 0 Å². The molecule has 2 atom stereocenters. The number of rotatable bonds is 7. The standard InChI is InChI=1S/C25H32N2O3/c1-28-22-6-2-18(3-7-22)12-19-14-26-15-20-13-23(8-9-25(19)20)30-17-24-16-27(10-11-29-24)21-4-5-21/h2-3,6-9,13,19,21,24,26H,4-5,10-12,14-17H2,1H3. The summed E-state index contributed by atoms with van der Waals surface area (Å²) < 4.78 is 17.4. The van der Waals surface area contributed by atoms with Gasteiger partial charge in [-0.05, 0) is 60.2 Å². The molecule has 2 fully saturated rings. The Kier molecular flexibility index (Phi) is 5.93. The second-order valence-corrected chi connectivity index (χ2v) is 8.77. The molecule has 2 heterocycles. The molecule has 2 aromatic carbocycles. The van der Waals surface area contributed by atoms with Crippen LogP contribution in [-0.2, 0) is 17.7 Å². The Bertz CT molecular complexity index is 850. The van der Waals surface area contributed by atoms with Crippen LogP contribution < -0.4 is 14.8 Å². The van der Waals surface area contributed by atoms with Crippen molar-refractivity contribution in [3.63, 3.8) is 0 Å². The summed E-state index contributed by atoms with van der Waals surface area (Å²) in [7, 11) is 1.71.